The summed E-state index contributed by atoms with van der Waals surface area (Å²) in [7, 11) is 3.90. The second kappa shape index (κ2) is 5.48. The van der Waals surface area contributed by atoms with Crippen molar-refractivity contribution >= 4 is 17.3 Å². The number of aromatic nitrogens is 2. The van der Waals surface area contributed by atoms with Gasteiger partial charge >= 0.3 is 0 Å². The van der Waals surface area contributed by atoms with E-state index < -0.39 is 0 Å². The highest BCUT2D eigenvalue weighted by Crippen LogP contribution is 2.17. The van der Waals surface area contributed by atoms with E-state index in [9.17, 15) is 4.79 Å². The molecule has 1 aromatic heterocycles. The molecule has 19 heavy (non-hydrogen) atoms. The maximum atomic E-state index is 12.0. The average Bonchev–Trinajstić information content (AvgIpc) is 2.39. The monoisotopic (exact) mass is 256 g/mol. The fourth-order valence-electron chi connectivity index (χ4n) is 1.57. The molecule has 2 aromatic rings. The van der Waals surface area contributed by atoms with Crippen molar-refractivity contribution in [3.8, 4) is 0 Å². The first kappa shape index (κ1) is 13.0. The summed E-state index contributed by atoms with van der Waals surface area (Å²) in [4.78, 5) is 22.1. The summed E-state index contributed by atoms with van der Waals surface area (Å²) in [5.41, 5.74) is 2.85. The lowest BCUT2D eigenvalue weighted by Gasteiger charge is -2.13. The smallest absolute Gasteiger partial charge is 0.275 e. The Morgan fingerprint density at radius 3 is 2.63 bits per heavy atom. The Bertz CT molecular complexity index is 578. The van der Waals surface area contributed by atoms with Crippen LogP contribution in [0.2, 0.25) is 0 Å². The van der Waals surface area contributed by atoms with Gasteiger partial charge in [-0.25, -0.2) is 4.98 Å². The minimum atomic E-state index is -0.261. The lowest BCUT2D eigenvalue weighted by atomic mass is 10.2. The lowest BCUT2D eigenvalue weighted by Crippen LogP contribution is -2.15. The van der Waals surface area contributed by atoms with Gasteiger partial charge in [-0.3, -0.25) is 9.78 Å². The molecule has 0 aliphatic heterocycles. The van der Waals surface area contributed by atoms with Crippen LogP contribution in [0.25, 0.3) is 0 Å². The van der Waals surface area contributed by atoms with E-state index in [1.54, 1.807) is 6.20 Å². The normalized spacial score (nSPS) is 10.1. The van der Waals surface area contributed by atoms with Crippen molar-refractivity contribution in [2.75, 3.05) is 24.3 Å². The first-order valence-electron chi connectivity index (χ1n) is 5.93. The highest BCUT2D eigenvalue weighted by Gasteiger charge is 2.08. The molecule has 0 aliphatic rings. The zero-order chi connectivity index (χ0) is 13.8. The molecule has 0 radical (unpaired) electrons. The van der Waals surface area contributed by atoms with Gasteiger partial charge in [0.05, 0.1) is 11.9 Å². The molecule has 0 saturated carbocycles. The van der Waals surface area contributed by atoms with Crippen molar-refractivity contribution < 1.29 is 4.79 Å². The van der Waals surface area contributed by atoms with Crippen molar-refractivity contribution in [1.82, 2.24) is 9.97 Å². The average molecular weight is 256 g/mol. The number of anilines is 2. The van der Waals surface area contributed by atoms with E-state index in [4.69, 9.17) is 0 Å². The van der Waals surface area contributed by atoms with Crippen molar-refractivity contribution in [1.29, 1.82) is 0 Å². The highest BCUT2D eigenvalue weighted by molar-refractivity contribution is 6.02. The van der Waals surface area contributed by atoms with Crippen LogP contribution in [-0.2, 0) is 0 Å². The Balaban J connectivity index is 2.14. The molecular weight excluding hydrogens is 240 g/mol. The minimum absolute atomic E-state index is 0.261. The van der Waals surface area contributed by atoms with Gasteiger partial charge in [-0.05, 0) is 25.1 Å². The van der Waals surface area contributed by atoms with E-state index in [0.717, 1.165) is 17.1 Å². The Kier molecular flexibility index (Phi) is 3.75. The quantitative estimate of drug-likeness (QED) is 0.913. The van der Waals surface area contributed by atoms with E-state index in [-0.39, 0.29) is 5.91 Å². The topological polar surface area (TPSA) is 58.1 Å². The number of carbonyl (C=O) groups is 1. The number of benzene rings is 1. The third-order valence-corrected chi connectivity index (χ3v) is 2.63. The lowest BCUT2D eigenvalue weighted by molar-refractivity contribution is 0.102. The molecule has 5 nitrogen and oxygen atoms in total. The fourth-order valence-corrected chi connectivity index (χ4v) is 1.57. The largest absolute Gasteiger partial charge is 0.378 e. The summed E-state index contributed by atoms with van der Waals surface area (Å²) < 4.78 is 0. The highest BCUT2D eigenvalue weighted by atomic mass is 16.1. The predicted octanol–water partition coefficient (Wildman–Crippen LogP) is 2.10. The molecule has 0 unspecified atom stereocenters. The van der Waals surface area contributed by atoms with Crippen LogP contribution in [0.5, 0.6) is 0 Å². The summed E-state index contributed by atoms with van der Waals surface area (Å²) in [6, 6.07) is 7.61. The summed E-state index contributed by atoms with van der Waals surface area (Å²) in [6.07, 6.45) is 3.05. The Morgan fingerprint density at radius 1 is 1.21 bits per heavy atom. The van der Waals surface area contributed by atoms with Crippen LogP contribution < -0.4 is 10.2 Å². The van der Waals surface area contributed by atoms with Gasteiger partial charge in [0, 0.05) is 31.7 Å². The fraction of sp³-hybridized carbons (Fsp3) is 0.214. The van der Waals surface area contributed by atoms with Gasteiger partial charge < -0.3 is 10.2 Å². The van der Waals surface area contributed by atoms with Crippen LogP contribution in [-0.4, -0.2) is 30.0 Å². The molecule has 0 saturated heterocycles. The Labute approximate surface area is 112 Å². The van der Waals surface area contributed by atoms with Crippen molar-refractivity contribution in [2.24, 2.45) is 0 Å². The van der Waals surface area contributed by atoms with Crippen molar-refractivity contribution in [3.05, 3.63) is 48.0 Å². The molecule has 1 amide bonds. The number of hydrogen-bond donors (Lipinski definition) is 1. The predicted molar refractivity (Wildman–Crippen MR) is 75.5 cm³/mol. The van der Waals surface area contributed by atoms with E-state index in [1.807, 2.05) is 50.2 Å². The minimum Gasteiger partial charge on any atom is -0.378 e. The number of amides is 1. The molecule has 0 aliphatic carbocycles. The summed E-state index contributed by atoms with van der Waals surface area (Å²) in [5.74, 6) is -0.261. The van der Waals surface area contributed by atoms with Crippen LogP contribution in [0, 0.1) is 6.92 Å². The van der Waals surface area contributed by atoms with Gasteiger partial charge in [-0.2, -0.15) is 0 Å². The number of carbonyl (C=O) groups excluding carboxylic acids is 1. The number of nitrogens with one attached hydrogen (secondary N) is 1. The van der Waals surface area contributed by atoms with Gasteiger partial charge in [0.15, 0.2) is 0 Å². The zero-order valence-electron chi connectivity index (χ0n) is 11.2. The van der Waals surface area contributed by atoms with Gasteiger partial charge in [-0.15, -0.1) is 0 Å². The third kappa shape index (κ3) is 3.28. The standard InChI is InChI=1S/C14H16N4O/c1-10-8-16-13(9-15-10)14(19)17-11-5-4-6-12(7-11)18(2)3/h4-9H,1-3H3,(H,17,19). The molecule has 1 N–H and O–H groups in total. The molecule has 98 valence electrons. The van der Waals surface area contributed by atoms with Crippen LogP contribution >= 0.6 is 0 Å². The van der Waals surface area contributed by atoms with Crippen LogP contribution in [0.3, 0.4) is 0 Å². The van der Waals surface area contributed by atoms with Crippen LogP contribution in [0.15, 0.2) is 36.7 Å². The zero-order valence-corrected chi connectivity index (χ0v) is 11.2. The second-order valence-electron chi connectivity index (χ2n) is 4.44. The molecule has 0 spiro atoms. The molecule has 1 heterocycles. The maximum absolute atomic E-state index is 12.0. The number of hydrogen-bond acceptors (Lipinski definition) is 4. The summed E-state index contributed by atoms with van der Waals surface area (Å²) in [5, 5.41) is 2.80. The Hall–Kier alpha value is -2.43. The molecular formula is C14H16N4O. The molecule has 0 atom stereocenters. The van der Waals surface area contributed by atoms with Gasteiger partial charge in [0.25, 0.3) is 5.91 Å². The molecule has 0 bridgehead atoms. The first-order chi connectivity index (χ1) is 9.06. The van der Waals surface area contributed by atoms with E-state index in [0.29, 0.717) is 5.69 Å². The molecule has 5 heteroatoms. The molecule has 2 rings (SSSR count). The SMILES string of the molecule is Cc1cnc(C(=O)Nc2cccc(N(C)C)c2)cn1. The molecule has 1 aromatic carbocycles. The van der Waals surface area contributed by atoms with Crippen LogP contribution in [0.1, 0.15) is 16.2 Å². The Morgan fingerprint density at radius 2 is 2.00 bits per heavy atom. The second-order valence-corrected chi connectivity index (χ2v) is 4.44. The third-order valence-electron chi connectivity index (χ3n) is 2.63. The number of aryl methyl sites for hydroxylation is 1. The van der Waals surface area contributed by atoms with E-state index >= 15 is 0 Å². The van der Waals surface area contributed by atoms with Crippen LogP contribution in [0.4, 0.5) is 11.4 Å². The maximum Gasteiger partial charge on any atom is 0.275 e. The van der Waals surface area contributed by atoms with Crippen molar-refractivity contribution in [3.63, 3.8) is 0 Å². The first-order valence-corrected chi connectivity index (χ1v) is 5.93. The number of rotatable bonds is 3. The van der Waals surface area contributed by atoms with Gasteiger partial charge in [0.1, 0.15) is 5.69 Å². The van der Waals surface area contributed by atoms with Gasteiger partial charge in [-0.1, -0.05) is 6.07 Å². The number of nitrogens with zero attached hydrogens (tertiary/aromatic N) is 3. The summed E-state index contributed by atoms with van der Waals surface area (Å²) >= 11 is 0. The van der Waals surface area contributed by atoms with E-state index in [2.05, 4.69) is 15.3 Å². The van der Waals surface area contributed by atoms with Gasteiger partial charge in [0.2, 0.25) is 0 Å². The summed E-state index contributed by atoms with van der Waals surface area (Å²) in [6.45, 7) is 1.83. The van der Waals surface area contributed by atoms with Crippen molar-refractivity contribution in [2.45, 2.75) is 6.92 Å². The molecule has 0 fully saturated rings. The van der Waals surface area contributed by atoms with E-state index in [1.165, 1.54) is 6.20 Å².